The minimum absolute atomic E-state index is 0.177. The summed E-state index contributed by atoms with van der Waals surface area (Å²) < 4.78 is 9.08. The van der Waals surface area contributed by atoms with Crippen LogP contribution in [0.4, 0.5) is 0 Å². The molecule has 1 unspecified atom stereocenters. The van der Waals surface area contributed by atoms with Crippen LogP contribution in [-0.4, -0.2) is 79.4 Å². The van der Waals surface area contributed by atoms with E-state index in [4.69, 9.17) is 26.4 Å². The molecule has 0 saturated carbocycles. The lowest BCUT2D eigenvalue weighted by molar-refractivity contribution is -0.160. The number of hydrogen-bond acceptors (Lipinski definition) is 7. The predicted molar refractivity (Wildman–Crippen MR) is 200 cm³/mol. The molecular weight excluding hydrogens is 670 g/mol. The number of likely N-dealkylation sites (tertiary alicyclic amines) is 2. The second-order valence-corrected chi connectivity index (χ2v) is 16.2. The summed E-state index contributed by atoms with van der Waals surface area (Å²) >= 11 is 7.86. The monoisotopic (exact) mass is 713 g/mol. The third-order valence-electron chi connectivity index (χ3n) is 10.1. The number of fused-ring (bicyclic) bond motifs is 2. The van der Waals surface area contributed by atoms with Gasteiger partial charge in [-0.1, -0.05) is 23.7 Å². The molecule has 7 rings (SSSR count). The van der Waals surface area contributed by atoms with E-state index in [2.05, 4.69) is 23.1 Å². The van der Waals surface area contributed by atoms with Crippen molar-refractivity contribution in [2.75, 3.05) is 26.2 Å². The average molecular weight is 714 g/mol. The number of benzene rings is 3. The zero-order valence-corrected chi connectivity index (χ0v) is 31.1. The Bertz CT molecular complexity index is 2090. The van der Waals surface area contributed by atoms with Crippen molar-refractivity contribution in [2.24, 2.45) is 7.05 Å². The summed E-state index contributed by atoms with van der Waals surface area (Å²) in [5, 5.41) is 18.1. The van der Waals surface area contributed by atoms with E-state index in [0.717, 1.165) is 99.5 Å². The van der Waals surface area contributed by atoms with E-state index in [1.54, 1.807) is 18.3 Å². The van der Waals surface area contributed by atoms with Crippen LogP contribution in [-0.2, 0) is 21.4 Å². The van der Waals surface area contributed by atoms with Crippen molar-refractivity contribution in [1.29, 1.82) is 0 Å². The van der Waals surface area contributed by atoms with Crippen molar-refractivity contribution < 1.29 is 19.4 Å². The summed E-state index contributed by atoms with van der Waals surface area (Å²) in [4.78, 5) is 34.3. The van der Waals surface area contributed by atoms with E-state index in [-0.39, 0.29) is 5.91 Å². The smallest absolute Gasteiger partial charge is 0.337 e. The summed E-state index contributed by atoms with van der Waals surface area (Å²) in [5.74, 6) is -0.511. The van der Waals surface area contributed by atoms with E-state index in [9.17, 15) is 14.7 Å². The molecule has 4 heterocycles. The lowest BCUT2D eigenvalue weighted by Crippen LogP contribution is -2.56. The van der Waals surface area contributed by atoms with Gasteiger partial charge in [0.25, 0.3) is 0 Å². The molecule has 2 atom stereocenters. The number of rotatable bonds is 8. The molecule has 2 saturated heterocycles. The molecule has 2 aliphatic rings. The average Bonchev–Trinajstić information content (AvgIpc) is 3.62. The minimum Gasteiger partial charge on any atom is -0.479 e. The number of carboxylic acid groups (broad SMARTS) is 1. The first-order valence-corrected chi connectivity index (χ1v) is 18.5. The highest BCUT2D eigenvalue weighted by Crippen LogP contribution is 2.45. The Kier molecular flexibility index (Phi) is 9.26. The minimum atomic E-state index is -1.17. The van der Waals surface area contributed by atoms with Gasteiger partial charge in [-0.3, -0.25) is 9.48 Å². The second-order valence-electron chi connectivity index (χ2n) is 14.8. The number of nitrogens with zero attached hydrogens (tertiary/aromatic N) is 5. The molecule has 50 heavy (non-hydrogen) atoms. The molecule has 2 aliphatic heterocycles. The second kappa shape index (κ2) is 13.4. The third-order valence-corrected chi connectivity index (χ3v) is 11.5. The summed E-state index contributed by atoms with van der Waals surface area (Å²) in [6.07, 6.45) is 1.97. The lowest BCUT2D eigenvalue weighted by Gasteiger charge is -2.44. The van der Waals surface area contributed by atoms with Crippen LogP contribution in [0.25, 0.3) is 42.8 Å². The number of carbonyl (C=O) groups excluding carboxylic acids is 1. The molecular formula is C39H44ClN5O4S. The maximum Gasteiger partial charge on any atom is 0.337 e. The standard InChI is InChI=1S/C39H44ClN5O4S/c1-22-19-30-36(33(24-7-10-27(40)11-8-24)32(22)35(38(47)48)49-39(3,4)5)50-37(41-30)26-9-12-31-29(20-26)34(42-43(31)6)25-13-16-44(17-14-25)21-28-15-18-45(28)23(2)46/h7-12,19-20,25,28,35H,13-18,21H2,1-6H3,(H,47,48)/t28-,35?/m1/s1. The SMILES string of the molecule is CC(=O)N1CC[C@@H]1CN1CCC(c2nn(C)c3ccc(-c4nc5cc(C)c(C(OC(C)(C)C)C(=O)O)c(-c6ccc(Cl)cc6)c5s4)cc23)CC1. The van der Waals surface area contributed by atoms with Crippen LogP contribution in [0.2, 0.25) is 5.02 Å². The van der Waals surface area contributed by atoms with Crippen LogP contribution >= 0.6 is 22.9 Å². The van der Waals surface area contributed by atoms with Crippen molar-refractivity contribution in [3.05, 3.63) is 70.4 Å². The van der Waals surface area contributed by atoms with Crippen LogP contribution in [0.1, 0.15) is 75.8 Å². The molecule has 9 nitrogen and oxygen atoms in total. The Morgan fingerprint density at radius 2 is 1.74 bits per heavy atom. The van der Waals surface area contributed by atoms with Gasteiger partial charge in [0, 0.05) is 66.1 Å². The van der Waals surface area contributed by atoms with Crippen LogP contribution < -0.4 is 0 Å². The number of aliphatic carboxylic acids is 1. The molecule has 0 aliphatic carbocycles. The Morgan fingerprint density at radius 1 is 1.04 bits per heavy atom. The Hall–Kier alpha value is -3.83. The Labute approximate surface area is 301 Å². The third kappa shape index (κ3) is 6.66. The number of ether oxygens (including phenoxy) is 1. The molecule has 3 aromatic carbocycles. The normalized spacial score (nSPS) is 18.1. The topological polar surface area (TPSA) is 101 Å². The Balaban J connectivity index is 1.25. The molecule has 11 heteroatoms. The molecule has 1 amide bonds. The van der Waals surface area contributed by atoms with Crippen LogP contribution in [0.5, 0.6) is 0 Å². The number of amides is 1. The maximum absolute atomic E-state index is 12.8. The summed E-state index contributed by atoms with van der Waals surface area (Å²) in [5.41, 5.74) is 6.44. The number of halogens is 1. The molecule has 2 fully saturated rings. The summed E-state index contributed by atoms with van der Waals surface area (Å²) in [7, 11) is 2.01. The fourth-order valence-electron chi connectivity index (χ4n) is 7.62. The van der Waals surface area contributed by atoms with Gasteiger partial charge in [0.05, 0.1) is 27.0 Å². The first kappa shape index (κ1) is 34.6. The van der Waals surface area contributed by atoms with Gasteiger partial charge in [-0.2, -0.15) is 5.10 Å². The van der Waals surface area contributed by atoms with Crippen molar-refractivity contribution in [1.82, 2.24) is 24.6 Å². The van der Waals surface area contributed by atoms with E-state index < -0.39 is 17.7 Å². The molecule has 262 valence electrons. The van der Waals surface area contributed by atoms with Gasteiger partial charge in [0.1, 0.15) is 5.01 Å². The van der Waals surface area contributed by atoms with Gasteiger partial charge in [0.2, 0.25) is 5.91 Å². The zero-order chi connectivity index (χ0) is 35.5. The van der Waals surface area contributed by atoms with Gasteiger partial charge < -0.3 is 19.6 Å². The van der Waals surface area contributed by atoms with E-state index in [1.807, 2.05) is 74.7 Å². The van der Waals surface area contributed by atoms with Crippen LogP contribution in [0.15, 0.2) is 48.5 Å². The highest BCUT2D eigenvalue weighted by molar-refractivity contribution is 7.22. The number of thiazole rings is 1. The lowest BCUT2D eigenvalue weighted by atomic mass is 9.90. The highest BCUT2D eigenvalue weighted by atomic mass is 35.5. The molecule has 5 aromatic rings. The van der Waals surface area contributed by atoms with E-state index in [1.165, 1.54) is 0 Å². The number of hydrogen-bond donors (Lipinski definition) is 1. The molecule has 0 bridgehead atoms. The maximum atomic E-state index is 12.8. The van der Waals surface area contributed by atoms with Crippen molar-refractivity contribution in [2.45, 2.75) is 77.5 Å². The highest BCUT2D eigenvalue weighted by Gasteiger charge is 2.34. The number of carbonyl (C=O) groups is 2. The van der Waals surface area contributed by atoms with Gasteiger partial charge in [-0.15, -0.1) is 11.3 Å². The number of piperidine rings is 1. The first-order valence-electron chi connectivity index (χ1n) is 17.3. The van der Waals surface area contributed by atoms with Gasteiger partial charge in [0.15, 0.2) is 6.10 Å². The number of aryl methyl sites for hydroxylation is 2. The van der Waals surface area contributed by atoms with E-state index in [0.29, 0.717) is 22.5 Å². The van der Waals surface area contributed by atoms with Gasteiger partial charge in [-0.25, -0.2) is 9.78 Å². The number of aromatic nitrogens is 3. The molecule has 0 radical (unpaired) electrons. The van der Waals surface area contributed by atoms with Crippen LogP contribution in [0.3, 0.4) is 0 Å². The fourth-order valence-corrected chi connectivity index (χ4v) is 8.87. The van der Waals surface area contributed by atoms with E-state index >= 15 is 0 Å². The van der Waals surface area contributed by atoms with Crippen LogP contribution in [0, 0.1) is 6.92 Å². The Morgan fingerprint density at radius 3 is 2.36 bits per heavy atom. The zero-order valence-electron chi connectivity index (χ0n) is 29.5. The molecule has 2 aromatic heterocycles. The molecule has 1 N–H and O–H groups in total. The first-order chi connectivity index (χ1) is 23.8. The quantitative estimate of drug-likeness (QED) is 0.173. The fraction of sp³-hybridized carbons (Fsp3) is 0.436. The van der Waals surface area contributed by atoms with Crippen molar-refractivity contribution in [3.63, 3.8) is 0 Å². The largest absolute Gasteiger partial charge is 0.479 e. The summed E-state index contributed by atoms with van der Waals surface area (Å²) in [6.45, 7) is 13.0. The van der Waals surface area contributed by atoms with Gasteiger partial charge in [-0.05, 0) is 108 Å². The van der Waals surface area contributed by atoms with Crippen molar-refractivity contribution >= 4 is 55.9 Å². The van der Waals surface area contributed by atoms with Crippen molar-refractivity contribution in [3.8, 4) is 21.7 Å². The predicted octanol–water partition coefficient (Wildman–Crippen LogP) is 8.22. The number of carboxylic acids is 1. The summed E-state index contributed by atoms with van der Waals surface area (Å²) in [6, 6.07) is 16.3. The molecule has 0 spiro atoms. The van der Waals surface area contributed by atoms with Gasteiger partial charge >= 0.3 is 5.97 Å².